The van der Waals surface area contributed by atoms with E-state index in [2.05, 4.69) is 26.1 Å². The monoisotopic (exact) mass is 236 g/mol. The highest BCUT2D eigenvalue weighted by molar-refractivity contribution is 9.10. The van der Waals surface area contributed by atoms with Gasteiger partial charge in [-0.2, -0.15) is 5.10 Å². The second kappa shape index (κ2) is 3.99. The zero-order valence-electron chi connectivity index (χ0n) is 5.59. The Bertz CT molecular complexity index is 256. The Morgan fingerprint density at radius 3 is 2.82 bits per heavy atom. The molecule has 11 heavy (non-hydrogen) atoms. The highest BCUT2D eigenvalue weighted by atomic mass is 79.9. The van der Waals surface area contributed by atoms with Crippen LogP contribution in [0.1, 0.15) is 5.69 Å². The number of rotatable bonds is 2. The number of aromatic nitrogens is 2. The van der Waals surface area contributed by atoms with Crippen molar-refractivity contribution in [3.8, 4) is 0 Å². The molecule has 0 fully saturated rings. The van der Waals surface area contributed by atoms with E-state index in [4.69, 9.17) is 16.7 Å². The average Bonchev–Trinajstić information content (AvgIpc) is 1.98. The summed E-state index contributed by atoms with van der Waals surface area (Å²) in [5.41, 5.74) is 0.726. The van der Waals surface area contributed by atoms with E-state index in [0.717, 1.165) is 5.69 Å². The molecular formula is C6H6BrClN2O. The molecule has 1 aromatic heterocycles. The van der Waals surface area contributed by atoms with Crippen molar-refractivity contribution in [3.05, 3.63) is 21.4 Å². The fraction of sp³-hybridized carbons (Fsp3) is 0.333. The lowest BCUT2D eigenvalue weighted by Gasteiger charge is -1.97. The Kier molecular flexibility index (Phi) is 3.23. The van der Waals surface area contributed by atoms with Crippen LogP contribution in [0.2, 0.25) is 5.15 Å². The topological polar surface area (TPSA) is 46.0 Å². The number of aliphatic hydroxyl groups is 1. The van der Waals surface area contributed by atoms with Gasteiger partial charge in [0.1, 0.15) is 0 Å². The van der Waals surface area contributed by atoms with Crippen LogP contribution >= 0.6 is 27.5 Å². The van der Waals surface area contributed by atoms with Crippen LogP contribution in [-0.4, -0.2) is 21.9 Å². The average molecular weight is 237 g/mol. The van der Waals surface area contributed by atoms with Crippen molar-refractivity contribution in [1.29, 1.82) is 0 Å². The fourth-order valence-corrected chi connectivity index (χ4v) is 1.06. The largest absolute Gasteiger partial charge is 0.396 e. The molecule has 3 nitrogen and oxygen atoms in total. The number of hydrogen-bond donors (Lipinski definition) is 1. The third kappa shape index (κ3) is 2.39. The molecule has 1 rings (SSSR count). The van der Waals surface area contributed by atoms with Crippen molar-refractivity contribution in [3.63, 3.8) is 0 Å². The van der Waals surface area contributed by atoms with Gasteiger partial charge in [-0.1, -0.05) is 11.6 Å². The summed E-state index contributed by atoms with van der Waals surface area (Å²) in [5.74, 6) is 0. The minimum Gasteiger partial charge on any atom is -0.396 e. The predicted octanol–water partition coefficient (Wildman–Crippen LogP) is 1.43. The Hall–Kier alpha value is -0.190. The maximum Gasteiger partial charge on any atom is 0.165 e. The molecule has 0 aliphatic carbocycles. The van der Waals surface area contributed by atoms with Gasteiger partial charge in [-0.05, 0) is 22.0 Å². The van der Waals surface area contributed by atoms with Crippen LogP contribution in [0.25, 0.3) is 0 Å². The molecule has 5 heteroatoms. The predicted molar refractivity (Wildman–Crippen MR) is 45.5 cm³/mol. The van der Waals surface area contributed by atoms with Crippen LogP contribution in [0.15, 0.2) is 10.5 Å². The van der Waals surface area contributed by atoms with E-state index < -0.39 is 0 Å². The molecular weight excluding hydrogens is 231 g/mol. The van der Waals surface area contributed by atoms with Gasteiger partial charge in [0, 0.05) is 13.0 Å². The normalized spacial score (nSPS) is 10.1. The smallest absolute Gasteiger partial charge is 0.165 e. The molecule has 0 unspecified atom stereocenters. The lowest BCUT2D eigenvalue weighted by atomic mass is 10.3. The van der Waals surface area contributed by atoms with Crippen LogP contribution in [0.5, 0.6) is 0 Å². The lowest BCUT2D eigenvalue weighted by Crippen LogP contribution is -1.96. The second-order valence-corrected chi connectivity index (χ2v) is 3.16. The summed E-state index contributed by atoms with van der Waals surface area (Å²) in [6, 6.07) is 1.74. The van der Waals surface area contributed by atoms with Crippen LogP contribution in [0.3, 0.4) is 0 Å². The van der Waals surface area contributed by atoms with E-state index in [1.165, 1.54) is 0 Å². The van der Waals surface area contributed by atoms with Crippen LogP contribution in [0.4, 0.5) is 0 Å². The van der Waals surface area contributed by atoms with Gasteiger partial charge in [-0.15, -0.1) is 5.10 Å². The maximum atomic E-state index is 8.56. The first-order valence-corrected chi connectivity index (χ1v) is 4.19. The number of halogens is 2. The van der Waals surface area contributed by atoms with Gasteiger partial charge in [-0.3, -0.25) is 0 Å². The van der Waals surface area contributed by atoms with Crippen molar-refractivity contribution in [2.45, 2.75) is 6.42 Å². The third-order valence-electron chi connectivity index (χ3n) is 1.12. The van der Waals surface area contributed by atoms with Gasteiger partial charge >= 0.3 is 0 Å². The van der Waals surface area contributed by atoms with E-state index in [1.54, 1.807) is 6.07 Å². The van der Waals surface area contributed by atoms with Crippen molar-refractivity contribution < 1.29 is 5.11 Å². The first kappa shape index (κ1) is 8.90. The molecule has 0 aliphatic heterocycles. The molecule has 1 heterocycles. The summed E-state index contributed by atoms with van der Waals surface area (Å²) in [6.07, 6.45) is 0.503. The fourth-order valence-electron chi connectivity index (χ4n) is 0.627. The van der Waals surface area contributed by atoms with Crippen LogP contribution < -0.4 is 0 Å². The minimum atomic E-state index is 0.0722. The summed E-state index contributed by atoms with van der Waals surface area (Å²) in [6.45, 7) is 0.0722. The van der Waals surface area contributed by atoms with Crippen LogP contribution in [-0.2, 0) is 6.42 Å². The molecule has 0 radical (unpaired) electrons. The Balaban J connectivity index is 2.86. The van der Waals surface area contributed by atoms with Gasteiger partial charge in [-0.25, -0.2) is 0 Å². The summed E-state index contributed by atoms with van der Waals surface area (Å²) in [5, 5.41) is 16.3. The molecule has 0 bridgehead atoms. The third-order valence-corrected chi connectivity index (χ3v) is 2.24. The van der Waals surface area contributed by atoms with Gasteiger partial charge in [0.05, 0.1) is 10.2 Å². The second-order valence-electron chi connectivity index (χ2n) is 1.95. The van der Waals surface area contributed by atoms with Crippen molar-refractivity contribution in [2.75, 3.05) is 6.61 Å². The van der Waals surface area contributed by atoms with Crippen LogP contribution in [0, 0.1) is 0 Å². The molecule has 0 saturated carbocycles. The highest BCUT2D eigenvalue weighted by Gasteiger charge is 2.00. The van der Waals surface area contributed by atoms with E-state index in [0.29, 0.717) is 16.0 Å². The molecule has 0 amide bonds. The molecule has 0 aliphatic rings. The van der Waals surface area contributed by atoms with E-state index >= 15 is 0 Å². The SMILES string of the molecule is OCCc1cc(Br)c(Cl)nn1. The first-order chi connectivity index (χ1) is 5.24. The Morgan fingerprint density at radius 2 is 2.27 bits per heavy atom. The summed E-state index contributed by atoms with van der Waals surface area (Å²) in [7, 11) is 0. The van der Waals surface area contributed by atoms with Gasteiger partial charge in [0.25, 0.3) is 0 Å². The molecule has 0 atom stereocenters. The molecule has 0 spiro atoms. The maximum absolute atomic E-state index is 8.56. The summed E-state index contributed by atoms with van der Waals surface area (Å²) < 4.78 is 0.706. The Morgan fingerprint density at radius 1 is 1.55 bits per heavy atom. The number of hydrogen-bond acceptors (Lipinski definition) is 3. The van der Waals surface area contributed by atoms with Gasteiger partial charge in [0.15, 0.2) is 5.15 Å². The molecule has 1 N–H and O–H groups in total. The molecule has 1 aromatic rings. The number of nitrogens with zero attached hydrogens (tertiary/aromatic N) is 2. The highest BCUT2D eigenvalue weighted by Crippen LogP contribution is 2.18. The zero-order valence-corrected chi connectivity index (χ0v) is 7.93. The lowest BCUT2D eigenvalue weighted by molar-refractivity contribution is 0.297. The molecule has 0 aromatic carbocycles. The summed E-state index contributed by atoms with van der Waals surface area (Å²) >= 11 is 8.80. The van der Waals surface area contributed by atoms with Gasteiger partial charge in [0.2, 0.25) is 0 Å². The van der Waals surface area contributed by atoms with E-state index in [9.17, 15) is 0 Å². The van der Waals surface area contributed by atoms with E-state index in [-0.39, 0.29) is 6.61 Å². The quantitative estimate of drug-likeness (QED) is 0.846. The first-order valence-electron chi connectivity index (χ1n) is 3.02. The van der Waals surface area contributed by atoms with E-state index in [1.807, 2.05) is 0 Å². The van der Waals surface area contributed by atoms with Crippen molar-refractivity contribution in [2.24, 2.45) is 0 Å². The molecule has 60 valence electrons. The number of aliphatic hydroxyl groups excluding tert-OH is 1. The van der Waals surface area contributed by atoms with Crippen molar-refractivity contribution in [1.82, 2.24) is 10.2 Å². The zero-order chi connectivity index (χ0) is 8.27. The minimum absolute atomic E-state index is 0.0722. The molecule has 0 saturated heterocycles. The van der Waals surface area contributed by atoms with Crippen molar-refractivity contribution >= 4 is 27.5 Å². The Labute approximate surface area is 77.5 Å². The van der Waals surface area contributed by atoms with Gasteiger partial charge < -0.3 is 5.11 Å². The summed E-state index contributed by atoms with van der Waals surface area (Å²) in [4.78, 5) is 0. The standard InChI is InChI=1S/C6H6BrClN2O/c7-5-3-4(1-2-11)9-10-6(5)8/h3,11H,1-2H2.